The Kier molecular flexibility index (Phi) is 12.1. The van der Waals surface area contributed by atoms with Crippen LogP contribution in [0.2, 0.25) is 15.1 Å². The molecule has 0 aliphatic heterocycles. The molecule has 1 atom stereocenters. The fraction of sp³-hybridized carbons (Fsp3) is 0.235. The summed E-state index contributed by atoms with van der Waals surface area (Å²) in [6.45, 7) is 3.45. The molecule has 0 radical (unpaired) electrons. The summed E-state index contributed by atoms with van der Waals surface area (Å²) in [5.41, 5.74) is 1.33. The average molecular weight is 705 g/mol. The van der Waals surface area contributed by atoms with Crippen LogP contribution < -0.4 is 9.62 Å². The Morgan fingerprint density at radius 1 is 0.804 bits per heavy atom. The zero-order valence-electron chi connectivity index (χ0n) is 25.2. The molecular formula is C34H33Cl3FN3O4S. The van der Waals surface area contributed by atoms with E-state index in [4.69, 9.17) is 34.8 Å². The van der Waals surface area contributed by atoms with E-state index in [9.17, 15) is 22.4 Å². The van der Waals surface area contributed by atoms with Gasteiger partial charge in [0.05, 0.1) is 25.7 Å². The number of amides is 2. The topological polar surface area (TPSA) is 86.8 Å². The lowest BCUT2D eigenvalue weighted by molar-refractivity contribution is -0.140. The minimum atomic E-state index is -4.36. The van der Waals surface area contributed by atoms with Crippen molar-refractivity contribution in [2.45, 2.75) is 37.8 Å². The quantitative estimate of drug-likeness (QED) is 0.157. The van der Waals surface area contributed by atoms with Crippen LogP contribution in [0.5, 0.6) is 0 Å². The van der Waals surface area contributed by atoms with Crippen molar-refractivity contribution < 1.29 is 22.4 Å². The summed E-state index contributed by atoms with van der Waals surface area (Å²) in [4.78, 5) is 29.5. The third kappa shape index (κ3) is 9.00. The van der Waals surface area contributed by atoms with E-state index in [1.807, 2.05) is 44.2 Å². The molecule has 2 amide bonds. The molecule has 4 aromatic rings. The van der Waals surface area contributed by atoms with Crippen LogP contribution in [-0.2, 0) is 32.6 Å². The van der Waals surface area contributed by atoms with Gasteiger partial charge in [-0.25, -0.2) is 12.8 Å². The number of benzene rings is 4. The van der Waals surface area contributed by atoms with Gasteiger partial charge >= 0.3 is 0 Å². The minimum Gasteiger partial charge on any atom is -0.354 e. The van der Waals surface area contributed by atoms with E-state index in [2.05, 4.69) is 5.32 Å². The van der Waals surface area contributed by atoms with Gasteiger partial charge in [-0.15, -0.1) is 0 Å². The van der Waals surface area contributed by atoms with Gasteiger partial charge in [0.2, 0.25) is 11.8 Å². The molecule has 12 heteroatoms. The molecule has 0 heterocycles. The van der Waals surface area contributed by atoms with Crippen LogP contribution in [0, 0.1) is 11.7 Å². The molecule has 242 valence electrons. The Hall–Kier alpha value is -3.63. The van der Waals surface area contributed by atoms with Gasteiger partial charge in [0.15, 0.2) is 0 Å². The maximum atomic E-state index is 14.5. The summed E-state index contributed by atoms with van der Waals surface area (Å²) < 4.78 is 43.0. The van der Waals surface area contributed by atoms with Gasteiger partial charge in [-0.05, 0) is 59.5 Å². The number of rotatable bonds is 13. The van der Waals surface area contributed by atoms with Crippen molar-refractivity contribution in [2.24, 2.45) is 5.92 Å². The molecule has 0 aromatic heterocycles. The molecule has 0 unspecified atom stereocenters. The molecule has 0 saturated carbocycles. The second-order valence-electron chi connectivity index (χ2n) is 11.0. The third-order valence-corrected chi connectivity index (χ3v) is 9.91. The normalized spacial score (nSPS) is 12.1. The molecule has 0 bridgehead atoms. The Bertz CT molecular complexity index is 1780. The van der Waals surface area contributed by atoms with E-state index in [1.54, 1.807) is 36.4 Å². The summed E-state index contributed by atoms with van der Waals surface area (Å²) in [6, 6.07) is 24.0. The Morgan fingerprint density at radius 3 is 2.07 bits per heavy atom. The van der Waals surface area contributed by atoms with Gasteiger partial charge in [0.25, 0.3) is 10.0 Å². The number of carbonyl (C=O) groups excluding carboxylic acids is 2. The van der Waals surface area contributed by atoms with E-state index in [-0.39, 0.29) is 39.5 Å². The van der Waals surface area contributed by atoms with Crippen molar-refractivity contribution >= 4 is 62.3 Å². The van der Waals surface area contributed by atoms with E-state index in [1.165, 1.54) is 23.1 Å². The zero-order valence-corrected chi connectivity index (χ0v) is 28.3. The molecule has 0 saturated heterocycles. The molecule has 0 aliphatic carbocycles. The summed E-state index contributed by atoms with van der Waals surface area (Å²) >= 11 is 18.5. The number of halogens is 4. The van der Waals surface area contributed by atoms with Crippen LogP contribution in [0.1, 0.15) is 25.0 Å². The van der Waals surface area contributed by atoms with Crippen LogP contribution in [0.15, 0.2) is 102 Å². The number of sulfonamides is 1. The maximum absolute atomic E-state index is 14.5. The highest BCUT2D eigenvalue weighted by Gasteiger charge is 2.35. The number of hydrogen-bond donors (Lipinski definition) is 1. The standard InChI is InChI=1S/C34H33Cl3FN3O4S/c1-23(2)20-39-34(43)32(18-24-9-5-3-6-10-24)40(21-25-13-15-28(35)29(36)17-25)33(42)22-41(26-14-16-31(38)30(37)19-26)46(44,45)27-11-7-4-8-12-27/h3-17,19,23,32H,18,20-22H2,1-2H3,(H,39,43)/t32-/m0/s1. The fourth-order valence-electron chi connectivity index (χ4n) is 4.70. The highest BCUT2D eigenvalue weighted by molar-refractivity contribution is 7.92. The number of anilines is 1. The molecule has 46 heavy (non-hydrogen) atoms. The molecule has 0 fully saturated rings. The van der Waals surface area contributed by atoms with E-state index in [0.717, 1.165) is 22.0 Å². The molecule has 0 aliphatic rings. The van der Waals surface area contributed by atoms with Crippen molar-refractivity contribution in [3.63, 3.8) is 0 Å². The van der Waals surface area contributed by atoms with Crippen LogP contribution >= 0.6 is 34.8 Å². The highest BCUT2D eigenvalue weighted by Crippen LogP contribution is 2.29. The molecule has 4 rings (SSSR count). The monoisotopic (exact) mass is 703 g/mol. The van der Waals surface area contributed by atoms with Crippen LogP contribution in [0.3, 0.4) is 0 Å². The zero-order chi connectivity index (χ0) is 33.4. The van der Waals surface area contributed by atoms with Crippen LogP contribution in [0.25, 0.3) is 0 Å². The first-order valence-electron chi connectivity index (χ1n) is 14.4. The lowest BCUT2D eigenvalue weighted by Crippen LogP contribution is -2.53. The lowest BCUT2D eigenvalue weighted by atomic mass is 10.0. The number of nitrogens with zero attached hydrogens (tertiary/aromatic N) is 2. The average Bonchev–Trinajstić information content (AvgIpc) is 3.04. The molecular weight excluding hydrogens is 672 g/mol. The van der Waals surface area contributed by atoms with Crippen molar-refractivity contribution in [3.05, 3.63) is 129 Å². The van der Waals surface area contributed by atoms with Crippen molar-refractivity contribution in [1.29, 1.82) is 0 Å². The second kappa shape index (κ2) is 15.8. The maximum Gasteiger partial charge on any atom is 0.264 e. The van der Waals surface area contributed by atoms with Crippen molar-refractivity contribution in [2.75, 3.05) is 17.4 Å². The summed E-state index contributed by atoms with van der Waals surface area (Å²) in [6.07, 6.45) is 0.144. The van der Waals surface area contributed by atoms with Gasteiger partial charge in [0.1, 0.15) is 18.4 Å². The number of hydrogen-bond acceptors (Lipinski definition) is 4. The Morgan fingerprint density at radius 2 is 1.46 bits per heavy atom. The predicted octanol–water partition coefficient (Wildman–Crippen LogP) is 7.39. The Labute approximate surface area is 283 Å². The molecule has 1 N–H and O–H groups in total. The van der Waals surface area contributed by atoms with Crippen LogP contribution in [-0.4, -0.2) is 44.3 Å². The number of carbonyl (C=O) groups is 2. The van der Waals surface area contributed by atoms with Gasteiger partial charge in [0, 0.05) is 19.5 Å². The first-order valence-corrected chi connectivity index (χ1v) is 17.0. The van der Waals surface area contributed by atoms with Gasteiger partial charge in [-0.2, -0.15) is 0 Å². The smallest absolute Gasteiger partial charge is 0.264 e. The summed E-state index contributed by atoms with van der Waals surface area (Å²) in [5, 5.41) is 3.18. The van der Waals surface area contributed by atoms with Crippen LogP contribution in [0.4, 0.5) is 10.1 Å². The van der Waals surface area contributed by atoms with E-state index < -0.39 is 40.2 Å². The highest BCUT2D eigenvalue weighted by atomic mass is 35.5. The van der Waals surface area contributed by atoms with Gasteiger partial charge < -0.3 is 10.2 Å². The fourth-order valence-corrected chi connectivity index (χ4v) is 6.62. The first kappa shape index (κ1) is 35.2. The largest absolute Gasteiger partial charge is 0.354 e. The van der Waals surface area contributed by atoms with Gasteiger partial charge in [-0.1, -0.05) is 103 Å². The third-order valence-electron chi connectivity index (χ3n) is 7.09. The first-order chi connectivity index (χ1) is 21.9. The number of nitrogens with one attached hydrogen (secondary N) is 1. The SMILES string of the molecule is CC(C)CNC(=O)[C@H](Cc1ccccc1)N(Cc1ccc(Cl)c(Cl)c1)C(=O)CN(c1ccc(F)c(Cl)c1)S(=O)(=O)c1ccccc1. The predicted molar refractivity (Wildman–Crippen MR) is 181 cm³/mol. The minimum absolute atomic E-state index is 0.0260. The van der Waals surface area contributed by atoms with Gasteiger partial charge in [-0.3, -0.25) is 13.9 Å². The van der Waals surface area contributed by atoms with Crippen molar-refractivity contribution in [1.82, 2.24) is 10.2 Å². The molecule has 0 spiro atoms. The molecule has 4 aromatic carbocycles. The lowest BCUT2D eigenvalue weighted by Gasteiger charge is -2.34. The van der Waals surface area contributed by atoms with Crippen molar-refractivity contribution in [3.8, 4) is 0 Å². The second-order valence-corrected chi connectivity index (χ2v) is 14.1. The Balaban J connectivity index is 1.82. The summed E-state index contributed by atoms with van der Waals surface area (Å²) in [7, 11) is -4.36. The van der Waals surface area contributed by atoms with E-state index >= 15 is 0 Å². The van der Waals surface area contributed by atoms with E-state index in [0.29, 0.717) is 17.1 Å². The summed E-state index contributed by atoms with van der Waals surface area (Å²) in [5.74, 6) is -1.71. The molecule has 7 nitrogen and oxygen atoms in total.